The van der Waals surface area contributed by atoms with Gasteiger partial charge < -0.3 is 5.11 Å². The first-order valence-corrected chi connectivity index (χ1v) is 5.72. The summed E-state index contributed by atoms with van der Waals surface area (Å²) < 4.78 is 12.8. The van der Waals surface area contributed by atoms with Crippen molar-refractivity contribution in [3.63, 3.8) is 0 Å². The van der Waals surface area contributed by atoms with Gasteiger partial charge in [-0.15, -0.1) is 0 Å². The van der Waals surface area contributed by atoms with E-state index in [1.54, 1.807) is 11.8 Å². The maximum atomic E-state index is 12.8. The lowest BCUT2D eigenvalue weighted by molar-refractivity contribution is 0.172. The van der Waals surface area contributed by atoms with Crippen molar-refractivity contribution in [1.82, 2.24) is 4.98 Å². The number of hydrogen-bond acceptors (Lipinski definition) is 3. The summed E-state index contributed by atoms with van der Waals surface area (Å²) >= 11 is 1.75. The molecule has 1 saturated heterocycles. The molecule has 1 aliphatic rings. The second-order valence-electron chi connectivity index (χ2n) is 3.43. The summed E-state index contributed by atoms with van der Waals surface area (Å²) in [5.41, 5.74) is 0.587. The monoisotopic (exact) mass is 213 g/mol. The van der Waals surface area contributed by atoms with Gasteiger partial charge in [-0.25, -0.2) is 4.39 Å². The molecule has 0 radical (unpaired) electrons. The van der Waals surface area contributed by atoms with Crippen molar-refractivity contribution in [3.8, 4) is 0 Å². The predicted octanol–water partition coefficient (Wildman–Crippen LogP) is 2.15. The average Bonchev–Trinajstić information content (AvgIpc) is 2.69. The molecule has 1 N–H and O–H groups in total. The minimum Gasteiger partial charge on any atom is -0.387 e. The second kappa shape index (κ2) is 4.28. The molecule has 2 rings (SSSR count). The molecule has 1 aromatic heterocycles. The average molecular weight is 213 g/mol. The minimum absolute atomic E-state index is 0.207. The molecule has 14 heavy (non-hydrogen) atoms. The van der Waals surface area contributed by atoms with Crippen LogP contribution < -0.4 is 0 Å². The summed E-state index contributed by atoms with van der Waals surface area (Å²) in [6.07, 6.45) is 4.24. The molecule has 1 fully saturated rings. The van der Waals surface area contributed by atoms with Crippen LogP contribution in [0.15, 0.2) is 18.5 Å². The number of aromatic nitrogens is 1. The predicted molar refractivity (Wildman–Crippen MR) is 54.6 cm³/mol. The summed E-state index contributed by atoms with van der Waals surface area (Å²) in [6.45, 7) is 0. The largest absolute Gasteiger partial charge is 0.387 e. The van der Waals surface area contributed by atoms with Crippen LogP contribution in [0.3, 0.4) is 0 Å². The Kier molecular flexibility index (Phi) is 3.03. The van der Waals surface area contributed by atoms with Crippen LogP contribution in [0, 0.1) is 5.82 Å². The zero-order chi connectivity index (χ0) is 9.97. The Labute approximate surface area is 86.6 Å². The van der Waals surface area contributed by atoms with Crippen molar-refractivity contribution in [2.45, 2.75) is 24.2 Å². The first kappa shape index (κ1) is 9.93. The third-order valence-corrected chi connectivity index (χ3v) is 3.83. The van der Waals surface area contributed by atoms with Gasteiger partial charge in [-0.2, -0.15) is 11.8 Å². The molecule has 1 aromatic rings. The quantitative estimate of drug-likeness (QED) is 0.817. The van der Waals surface area contributed by atoms with Crippen LogP contribution in [0.2, 0.25) is 0 Å². The Hall–Kier alpha value is -0.610. The van der Waals surface area contributed by atoms with Crippen LogP contribution in [0.1, 0.15) is 24.5 Å². The Morgan fingerprint density at radius 1 is 1.57 bits per heavy atom. The normalized spacial score (nSPS) is 23.7. The van der Waals surface area contributed by atoms with Crippen LogP contribution >= 0.6 is 11.8 Å². The third kappa shape index (κ3) is 2.07. The molecule has 2 nitrogen and oxygen atoms in total. The van der Waals surface area contributed by atoms with Crippen LogP contribution in [0.25, 0.3) is 0 Å². The summed E-state index contributed by atoms with van der Waals surface area (Å²) in [7, 11) is 0. The molecular formula is C10H12FNOS. The van der Waals surface area contributed by atoms with Crippen molar-refractivity contribution in [2.24, 2.45) is 0 Å². The highest BCUT2D eigenvalue weighted by molar-refractivity contribution is 8.00. The van der Waals surface area contributed by atoms with E-state index < -0.39 is 6.10 Å². The van der Waals surface area contributed by atoms with Gasteiger partial charge in [0.1, 0.15) is 5.82 Å². The number of pyridine rings is 1. The van der Waals surface area contributed by atoms with Crippen LogP contribution in [0.5, 0.6) is 0 Å². The molecule has 76 valence electrons. The Bertz CT molecular complexity index is 315. The molecule has 0 aliphatic carbocycles. The molecular weight excluding hydrogens is 201 g/mol. The molecule has 2 unspecified atom stereocenters. The number of aliphatic hydroxyl groups is 1. The van der Waals surface area contributed by atoms with E-state index in [-0.39, 0.29) is 11.1 Å². The van der Waals surface area contributed by atoms with Crippen LogP contribution in [-0.4, -0.2) is 21.1 Å². The van der Waals surface area contributed by atoms with E-state index in [0.29, 0.717) is 5.56 Å². The number of thioether (sulfide) groups is 1. The Morgan fingerprint density at radius 2 is 2.43 bits per heavy atom. The highest BCUT2D eigenvalue weighted by atomic mass is 32.2. The fourth-order valence-corrected chi connectivity index (χ4v) is 2.97. The fraction of sp³-hybridized carbons (Fsp3) is 0.500. The summed E-state index contributed by atoms with van der Waals surface area (Å²) in [5, 5.41) is 10.1. The van der Waals surface area contributed by atoms with Crippen LogP contribution in [-0.2, 0) is 0 Å². The lowest BCUT2D eigenvalue weighted by Gasteiger charge is -2.16. The minimum atomic E-state index is -0.578. The highest BCUT2D eigenvalue weighted by Crippen LogP contribution is 2.35. The van der Waals surface area contributed by atoms with Gasteiger partial charge in [-0.05, 0) is 24.7 Å². The maximum absolute atomic E-state index is 12.8. The van der Waals surface area contributed by atoms with Gasteiger partial charge in [0.25, 0.3) is 0 Å². The molecule has 0 aromatic carbocycles. The van der Waals surface area contributed by atoms with E-state index in [1.165, 1.54) is 12.3 Å². The van der Waals surface area contributed by atoms with Crippen molar-refractivity contribution in [3.05, 3.63) is 29.8 Å². The molecule has 2 heterocycles. The van der Waals surface area contributed by atoms with Crippen LogP contribution in [0.4, 0.5) is 4.39 Å². The Balaban J connectivity index is 2.13. The van der Waals surface area contributed by atoms with Crippen molar-refractivity contribution >= 4 is 11.8 Å². The summed E-state index contributed by atoms with van der Waals surface area (Å²) in [5.74, 6) is 0.703. The van der Waals surface area contributed by atoms with E-state index in [2.05, 4.69) is 4.98 Å². The zero-order valence-corrected chi connectivity index (χ0v) is 8.51. The first-order chi connectivity index (χ1) is 6.77. The van der Waals surface area contributed by atoms with Crippen molar-refractivity contribution < 1.29 is 9.50 Å². The second-order valence-corrected chi connectivity index (χ2v) is 4.78. The topological polar surface area (TPSA) is 33.1 Å². The number of rotatable bonds is 2. The van der Waals surface area contributed by atoms with Gasteiger partial charge in [0.15, 0.2) is 0 Å². The van der Waals surface area contributed by atoms with E-state index >= 15 is 0 Å². The maximum Gasteiger partial charge on any atom is 0.141 e. The summed E-state index contributed by atoms with van der Waals surface area (Å²) in [6, 6.07) is 1.36. The number of halogens is 1. The van der Waals surface area contributed by atoms with Gasteiger partial charge in [0.2, 0.25) is 0 Å². The molecule has 0 saturated carbocycles. The number of hydrogen-bond donors (Lipinski definition) is 1. The molecule has 1 aliphatic heterocycles. The smallest absolute Gasteiger partial charge is 0.141 e. The lowest BCUT2D eigenvalue weighted by Crippen LogP contribution is -2.12. The molecule has 2 atom stereocenters. The zero-order valence-electron chi connectivity index (χ0n) is 7.69. The highest BCUT2D eigenvalue weighted by Gasteiger charge is 2.25. The SMILES string of the molecule is OC(c1cncc(F)c1)C1CCCS1. The number of nitrogens with zero attached hydrogens (tertiary/aromatic N) is 1. The van der Waals surface area contributed by atoms with Gasteiger partial charge in [0, 0.05) is 17.0 Å². The van der Waals surface area contributed by atoms with E-state index in [0.717, 1.165) is 24.8 Å². The standard InChI is InChI=1S/C10H12FNOS/c11-8-4-7(5-12-6-8)10(13)9-2-1-3-14-9/h4-6,9-10,13H,1-3H2. The molecule has 4 heteroatoms. The van der Waals surface area contributed by atoms with Gasteiger partial charge in [-0.3, -0.25) is 4.98 Å². The molecule has 0 spiro atoms. The first-order valence-electron chi connectivity index (χ1n) is 4.67. The van der Waals surface area contributed by atoms with E-state index in [4.69, 9.17) is 0 Å². The third-order valence-electron chi connectivity index (χ3n) is 2.38. The van der Waals surface area contributed by atoms with E-state index in [1.807, 2.05) is 0 Å². The number of aliphatic hydroxyl groups excluding tert-OH is 1. The van der Waals surface area contributed by atoms with Gasteiger partial charge in [-0.1, -0.05) is 0 Å². The molecule has 0 bridgehead atoms. The molecule has 0 amide bonds. The fourth-order valence-electron chi connectivity index (χ4n) is 1.66. The van der Waals surface area contributed by atoms with Gasteiger partial charge >= 0.3 is 0 Å². The Morgan fingerprint density at radius 3 is 3.07 bits per heavy atom. The van der Waals surface area contributed by atoms with Crippen molar-refractivity contribution in [1.29, 1.82) is 0 Å². The van der Waals surface area contributed by atoms with E-state index in [9.17, 15) is 9.50 Å². The van der Waals surface area contributed by atoms with Gasteiger partial charge in [0.05, 0.1) is 12.3 Å². The lowest BCUT2D eigenvalue weighted by atomic mass is 10.1. The summed E-state index contributed by atoms with van der Waals surface area (Å²) in [4.78, 5) is 3.73. The van der Waals surface area contributed by atoms with Crippen molar-refractivity contribution in [2.75, 3.05) is 5.75 Å².